The van der Waals surface area contributed by atoms with Crippen molar-refractivity contribution in [3.63, 3.8) is 0 Å². The van der Waals surface area contributed by atoms with E-state index in [9.17, 15) is 0 Å². The smallest absolute Gasteiger partial charge is 0.0620 e. The molecule has 2 rings (SSSR count). The number of rotatable bonds is 0. The first-order valence-corrected chi connectivity index (χ1v) is 3.96. The van der Waals surface area contributed by atoms with Crippen molar-refractivity contribution >= 4 is 0 Å². The largest absolute Gasteiger partial charge is 0.0626 e. The minimum atomic E-state index is -0.163. The fourth-order valence-corrected chi connectivity index (χ4v) is 1.56. The van der Waals surface area contributed by atoms with Crippen molar-refractivity contribution in [2.24, 2.45) is 0 Å². The molecule has 0 aliphatic heterocycles. The van der Waals surface area contributed by atoms with Crippen LogP contribution in [0.1, 0.15) is 43.6 Å². The van der Waals surface area contributed by atoms with E-state index >= 15 is 0 Å². The van der Waals surface area contributed by atoms with E-state index in [0.29, 0.717) is 12.0 Å². The molecule has 0 nitrogen and oxygen atoms in total. The molecule has 0 heterocycles. The Morgan fingerprint density at radius 1 is 1.55 bits per heavy atom. The summed E-state index contributed by atoms with van der Waals surface area (Å²) < 4.78 is 38.4. The average Bonchev–Trinajstić information content (AvgIpc) is 2.32. The van der Waals surface area contributed by atoms with Gasteiger partial charge in [0.1, 0.15) is 0 Å². The zero-order valence-corrected chi connectivity index (χ0v) is 6.41. The summed E-state index contributed by atoms with van der Waals surface area (Å²) in [5, 5.41) is 0. The molecule has 0 saturated heterocycles. The molecule has 11 heavy (non-hydrogen) atoms. The highest BCUT2D eigenvalue weighted by Crippen LogP contribution is 2.30. The van der Waals surface area contributed by atoms with Crippen LogP contribution < -0.4 is 0 Å². The molecular weight excluding hydrogens is 132 g/mol. The van der Waals surface area contributed by atoms with Crippen LogP contribution in [0.5, 0.6) is 0 Å². The van der Waals surface area contributed by atoms with Crippen molar-refractivity contribution in [1.29, 1.82) is 0 Å². The molecule has 1 aliphatic carbocycles. The Labute approximate surface area is 75.3 Å². The molecule has 0 amide bonds. The molecule has 0 N–H and O–H groups in total. The van der Waals surface area contributed by atoms with E-state index in [0.717, 1.165) is 18.4 Å². The maximum atomic E-state index is 7.87. The van der Waals surface area contributed by atoms with Gasteiger partial charge in [0, 0.05) is 1.37 Å². The molecule has 0 radical (unpaired) electrons. The number of benzene rings is 1. The summed E-state index contributed by atoms with van der Waals surface area (Å²) in [7, 11) is 0. The molecule has 1 aliphatic rings. The molecule has 0 bridgehead atoms. The standard InChI is InChI=1S/C11H14/c1-9-5-4-7-10-6-2-3-8-11(9)10/h2-3,6,8-9H,4-5,7H2,1H3/i1D,2D,3D,6D,8D. The molecular formula is C11H14. The third-order valence-electron chi connectivity index (χ3n) is 2.19. The maximum Gasteiger partial charge on any atom is 0.0626 e. The second-order valence-electron chi connectivity index (χ2n) is 2.98. The van der Waals surface area contributed by atoms with Gasteiger partial charge in [0.15, 0.2) is 0 Å². The van der Waals surface area contributed by atoms with E-state index in [2.05, 4.69) is 0 Å². The Morgan fingerprint density at radius 3 is 3.36 bits per heavy atom. The zero-order valence-electron chi connectivity index (χ0n) is 11.4. The molecule has 0 heteroatoms. The van der Waals surface area contributed by atoms with Gasteiger partial charge in [-0.1, -0.05) is 31.1 Å². The van der Waals surface area contributed by atoms with Crippen molar-refractivity contribution in [3.8, 4) is 0 Å². The third kappa shape index (κ3) is 1.18. The Morgan fingerprint density at radius 2 is 2.45 bits per heavy atom. The average molecular weight is 151 g/mol. The third-order valence-corrected chi connectivity index (χ3v) is 2.19. The summed E-state index contributed by atoms with van der Waals surface area (Å²) in [6, 6.07) is -0.152. The van der Waals surface area contributed by atoms with Gasteiger partial charge in [0.2, 0.25) is 0 Å². The molecule has 58 valence electrons. The molecule has 0 aromatic heterocycles. The first kappa shape index (κ1) is 3.30. The van der Waals surface area contributed by atoms with Crippen LogP contribution in [-0.4, -0.2) is 0 Å². The van der Waals surface area contributed by atoms with Crippen LogP contribution >= 0.6 is 0 Å². The van der Waals surface area contributed by atoms with Gasteiger partial charge < -0.3 is 0 Å². The topological polar surface area (TPSA) is 0 Å². The lowest BCUT2D eigenvalue weighted by Gasteiger charge is -2.21. The second kappa shape index (κ2) is 2.69. The van der Waals surface area contributed by atoms with Crippen molar-refractivity contribution in [1.82, 2.24) is 0 Å². The van der Waals surface area contributed by atoms with Crippen LogP contribution in [0.15, 0.2) is 24.2 Å². The lowest BCUT2D eigenvalue weighted by Crippen LogP contribution is -2.05. The number of fused-ring (bicyclic) bond motifs is 1. The second-order valence-corrected chi connectivity index (χ2v) is 2.98. The van der Waals surface area contributed by atoms with Crippen molar-refractivity contribution in [2.45, 2.75) is 32.1 Å². The highest BCUT2D eigenvalue weighted by atomic mass is 14.2. The highest BCUT2D eigenvalue weighted by Gasteiger charge is 2.14. The molecule has 1 unspecified atom stereocenters. The molecule has 1 atom stereocenters. The quantitative estimate of drug-likeness (QED) is 0.534. The Bertz CT molecular complexity index is 427. The van der Waals surface area contributed by atoms with E-state index in [4.69, 9.17) is 6.85 Å². The van der Waals surface area contributed by atoms with E-state index in [1.54, 1.807) is 0 Å². The van der Waals surface area contributed by atoms with Crippen molar-refractivity contribution < 1.29 is 6.85 Å². The summed E-state index contributed by atoms with van der Waals surface area (Å²) in [4.78, 5) is 0. The van der Waals surface area contributed by atoms with Gasteiger partial charge in [-0.05, 0) is 36.3 Å². The number of hydrogen-bond donors (Lipinski definition) is 0. The van der Waals surface area contributed by atoms with E-state index < -0.39 is 0 Å². The molecule has 0 saturated carbocycles. The van der Waals surface area contributed by atoms with Gasteiger partial charge in [-0.2, -0.15) is 0 Å². The molecule has 1 aromatic carbocycles. The summed E-state index contributed by atoms with van der Waals surface area (Å²) in [5.74, 6) is -0.0231. The minimum Gasteiger partial charge on any atom is -0.0620 e. The van der Waals surface area contributed by atoms with Crippen LogP contribution in [0.25, 0.3) is 0 Å². The van der Waals surface area contributed by atoms with Gasteiger partial charge in [-0.25, -0.2) is 0 Å². The normalized spacial score (nSPS) is 29.1. The van der Waals surface area contributed by atoms with E-state index in [1.165, 1.54) is 0 Å². The van der Waals surface area contributed by atoms with E-state index in [-0.39, 0.29) is 37.0 Å². The summed E-state index contributed by atoms with van der Waals surface area (Å²) in [6.45, 7) is 0.203. The summed E-state index contributed by atoms with van der Waals surface area (Å²) in [6.07, 6.45) is 2.49. The summed E-state index contributed by atoms with van der Waals surface area (Å²) >= 11 is 0. The summed E-state index contributed by atoms with van der Waals surface area (Å²) in [5.41, 5.74) is 1.42. The predicted octanol–water partition coefficient (Wildman–Crippen LogP) is 3.13. The maximum absolute atomic E-state index is 7.87. The predicted molar refractivity (Wildman–Crippen MR) is 47.8 cm³/mol. The van der Waals surface area contributed by atoms with Crippen molar-refractivity contribution in [2.75, 3.05) is 0 Å². The Hall–Kier alpha value is -0.780. The van der Waals surface area contributed by atoms with Crippen LogP contribution in [-0.2, 0) is 6.42 Å². The van der Waals surface area contributed by atoms with Gasteiger partial charge in [0.05, 0.1) is 5.48 Å². The zero-order chi connectivity index (χ0) is 11.9. The van der Waals surface area contributed by atoms with Crippen LogP contribution in [0.4, 0.5) is 0 Å². The lowest BCUT2D eigenvalue weighted by molar-refractivity contribution is 0.590. The number of hydrogen-bond acceptors (Lipinski definition) is 0. The van der Waals surface area contributed by atoms with Gasteiger partial charge >= 0.3 is 0 Å². The van der Waals surface area contributed by atoms with Gasteiger partial charge in [-0.15, -0.1) is 0 Å². The molecule has 0 fully saturated rings. The first-order valence-electron chi connectivity index (χ1n) is 6.67. The van der Waals surface area contributed by atoms with Gasteiger partial charge in [-0.3, -0.25) is 0 Å². The van der Waals surface area contributed by atoms with Crippen LogP contribution in [0.3, 0.4) is 0 Å². The van der Waals surface area contributed by atoms with E-state index in [1.807, 2.05) is 0 Å². The molecule has 1 aromatic rings. The minimum absolute atomic E-state index is 0.0231. The first-order chi connectivity index (χ1) is 7.57. The fraction of sp³-hybridized carbons (Fsp3) is 0.455. The SMILES string of the molecule is [2H]CC1CCCc2c([2H])c([2H])c([2H])c([2H])c21. The molecule has 0 spiro atoms. The Balaban J connectivity index is 2.70. The van der Waals surface area contributed by atoms with Crippen LogP contribution in [0, 0.1) is 0 Å². The van der Waals surface area contributed by atoms with Crippen LogP contribution in [0.2, 0.25) is 0 Å². The monoisotopic (exact) mass is 151 g/mol. The Kier molecular flexibility index (Phi) is 0.807. The fourth-order valence-electron chi connectivity index (χ4n) is 1.56. The van der Waals surface area contributed by atoms with Gasteiger partial charge in [0.25, 0.3) is 0 Å². The lowest BCUT2D eigenvalue weighted by atomic mass is 9.84. The highest BCUT2D eigenvalue weighted by molar-refractivity contribution is 5.31. The van der Waals surface area contributed by atoms with Crippen molar-refractivity contribution in [3.05, 3.63) is 35.3 Å².